The Balaban J connectivity index is 2.74. The number of rotatable bonds is 5. The molecule has 0 aliphatic carbocycles. The van der Waals surface area contributed by atoms with Crippen LogP contribution in [-0.4, -0.2) is 24.4 Å². The van der Waals surface area contributed by atoms with Crippen LogP contribution < -0.4 is 0 Å². The molecule has 0 saturated heterocycles. The zero-order valence-corrected chi connectivity index (χ0v) is 9.94. The van der Waals surface area contributed by atoms with Crippen molar-refractivity contribution in [1.29, 1.82) is 5.26 Å². The van der Waals surface area contributed by atoms with E-state index in [9.17, 15) is 8.42 Å². The van der Waals surface area contributed by atoms with Gasteiger partial charge in [0, 0.05) is 0 Å². The minimum Gasteiger partial charge on any atom is -0.221 e. The smallest absolute Gasteiger partial charge is 0.221 e. The molecule has 1 aromatic rings. The number of hydrogen-bond acceptors (Lipinski definition) is 6. The maximum Gasteiger partial charge on any atom is 0.233 e. The molecule has 0 radical (unpaired) electrons. The van der Waals surface area contributed by atoms with Crippen LogP contribution in [0.25, 0.3) is 0 Å². The van der Waals surface area contributed by atoms with E-state index in [1.807, 2.05) is 6.92 Å². The molecule has 0 unspecified atom stereocenters. The van der Waals surface area contributed by atoms with Crippen molar-refractivity contribution in [2.75, 3.05) is 5.75 Å². The van der Waals surface area contributed by atoms with Crippen LogP contribution in [0.3, 0.4) is 0 Å². The number of sulfone groups is 1. The molecule has 0 bridgehead atoms. The molecule has 0 fully saturated rings. The first-order chi connectivity index (χ1) is 7.10. The third kappa shape index (κ3) is 3.25. The maximum absolute atomic E-state index is 11.6. The Morgan fingerprint density at radius 3 is 2.67 bits per heavy atom. The maximum atomic E-state index is 11.6. The lowest BCUT2D eigenvalue weighted by molar-refractivity contribution is 0.589. The molecule has 1 aromatic heterocycles. The third-order valence-corrected chi connectivity index (χ3v) is 4.86. The van der Waals surface area contributed by atoms with Gasteiger partial charge in [-0.2, -0.15) is 5.26 Å². The second-order valence-electron chi connectivity index (χ2n) is 3.01. The average molecular weight is 245 g/mol. The van der Waals surface area contributed by atoms with Gasteiger partial charge in [0.25, 0.3) is 0 Å². The number of unbranched alkanes of at least 4 members (excludes halogenated alkanes) is 2. The molecule has 1 rings (SSSR count). The molecule has 0 aliphatic rings. The third-order valence-electron chi connectivity index (χ3n) is 1.78. The summed E-state index contributed by atoms with van der Waals surface area (Å²) in [6.45, 7) is 2.01. The summed E-state index contributed by atoms with van der Waals surface area (Å²) in [6.07, 6.45) is 2.47. The molecule has 0 atom stereocenters. The SMILES string of the molecule is CCCCCS(=O)(=O)c1nnc(C#N)s1. The highest BCUT2D eigenvalue weighted by Gasteiger charge is 2.19. The van der Waals surface area contributed by atoms with Crippen LogP contribution in [-0.2, 0) is 9.84 Å². The van der Waals surface area contributed by atoms with Gasteiger partial charge in [0.05, 0.1) is 5.75 Å². The Hall–Kier alpha value is -1.00. The van der Waals surface area contributed by atoms with Gasteiger partial charge in [0.1, 0.15) is 6.07 Å². The van der Waals surface area contributed by atoms with Gasteiger partial charge in [0.15, 0.2) is 0 Å². The highest BCUT2D eigenvalue weighted by molar-refractivity contribution is 7.93. The highest BCUT2D eigenvalue weighted by atomic mass is 32.2. The molecule has 0 aromatic carbocycles. The van der Waals surface area contributed by atoms with Crippen LogP contribution in [0.2, 0.25) is 0 Å². The molecular formula is C8H11N3O2S2. The predicted molar refractivity (Wildman–Crippen MR) is 56.2 cm³/mol. The summed E-state index contributed by atoms with van der Waals surface area (Å²) in [5, 5.41) is 15.5. The summed E-state index contributed by atoms with van der Waals surface area (Å²) in [5.74, 6) is 0.0842. The highest BCUT2D eigenvalue weighted by Crippen LogP contribution is 2.17. The van der Waals surface area contributed by atoms with Gasteiger partial charge in [-0.3, -0.25) is 0 Å². The van der Waals surface area contributed by atoms with Crippen molar-refractivity contribution < 1.29 is 8.42 Å². The first-order valence-electron chi connectivity index (χ1n) is 4.56. The second kappa shape index (κ2) is 5.19. The largest absolute Gasteiger partial charge is 0.233 e. The van der Waals surface area contributed by atoms with Crippen LogP contribution in [0.15, 0.2) is 4.34 Å². The lowest BCUT2D eigenvalue weighted by Gasteiger charge is -1.97. The Kier molecular flexibility index (Phi) is 4.17. The molecule has 0 aliphatic heterocycles. The van der Waals surface area contributed by atoms with Gasteiger partial charge in [-0.15, -0.1) is 10.2 Å². The van der Waals surface area contributed by atoms with E-state index in [0.717, 1.165) is 24.2 Å². The van der Waals surface area contributed by atoms with Crippen LogP contribution >= 0.6 is 11.3 Å². The molecule has 1 heterocycles. The minimum absolute atomic E-state index is 0.0462. The van der Waals surface area contributed by atoms with Gasteiger partial charge >= 0.3 is 0 Å². The van der Waals surface area contributed by atoms with Gasteiger partial charge in [-0.25, -0.2) is 8.42 Å². The minimum atomic E-state index is -3.33. The van der Waals surface area contributed by atoms with E-state index < -0.39 is 9.84 Å². The van der Waals surface area contributed by atoms with E-state index in [1.54, 1.807) is 6.07 Å². The number of aromatic nitrogens is 2. The first-order valence-corrected chi connectivity index (χ1v) is 7.03. The van der Waals surface area contributed by atoms with Crippen molar-refractivity contribution >= 4 is 21.2 Å². The van der Waals surface area contributed by atoms with E-state index in [0.29, 0.717) is 6.42 Å². The quantitative estimate of drug-likeness (QED) is 0.731. The second-order valence-corrected chi connectivity index (χ2v) is 6.27. The number of nitrogens with zero attached hydrogens (tertiary/aromatic N) is 3. The van der Waals surface area contributed by atoms with Gasteiger partial charge in [-0.1, -0.05) is 31.1 Å². The van der Waals surface area contributed by atoms with Crippen molar-refractivity contribution in [3.8, 4) is 6.07 Å². The lowest BCUT2D eigenvalue weighted by atomic mass is 10.3. The summed E-state index contributed by atoms with van der Waals surface area (Å²) in [6, 6.07) is 1.77. The van der Waals surface area contributed by atoms with Gasteiger partial charge < -0.3 is 0 Å². The standard InChI is InChI=1S/C8H11N3O2S2/c1-2-3-4-5-15(12,13)8-11-10-7(6-9)14-8/h2-5H2,1H3. The summed E-state index contributed by atoms with van der Waals surface area (Å²) >= 11 is 0.827. The molecule has 15 heavy (non-hydrogen) atoms. The fraction of sp³-hybridized carbons (Fsp3) is 0.625. The Morgan fingerprint density at radius 2 is 2.13 bits per heavy atom. The van der Waals surface area contributed by atoms with Gasteiger partial charge in [-0.05, 0) is 6.42 Å². The van der Waals surface area contributed by atoms with Crippen molar-refractivity contribution in [3.05, 3.63) is 5.01 Å². The normalized spacial score (nSPS) is 11.2. The molecule has 7 heteroatoms. The molecule has 0 amide bonds. The van der Waals surface area contributed by atoms with Crippen molar-refractivity contribution in [3.63, 3.8) is 0 Å². The Labute approximate surface area is 92.7 Å². The van der Waals surface area contributed by atoms with Crippen LogP contribution in [0.5, 0.6) is 0 Å². The monoisotopic (exact) mass is 245 g/mol. The number of hydrogen-bond donors (Lipinski definition) is 0. The lowest BCUT2D eigenvalue weighted by Crippen LogP contribution is -2.06. The van der Waals surface area contributed by atoms with Crippen molar-refractivity contribution in [2.45, 2.75) is 30.5 Å². The molecule has 0 N–H and O–H groups in total. The van der Waals surface area contributed by atoms with E-state index in [-0.39, 0.29) is 15.1 Å². The van der Waals surface area contributed by atoms with Crippen molar-refractivity contribution in [1.82, 2.24) is 10.2 Å². The molecular weight excluding hydrogens is 234 g/mol. The fourth-order valence-corrected chi connectivity index (χ4v) is 3.30. The van der Waals surface area contributed by atoms with E-state index in [2.05, 4.69) is 10.2 Å². The molecule has 5 nitrogen and oxygen atoms in total. The summed E-state index contributed by atoms with van der Waals surface area (Å²) in [4.78, 5) is 0. The summed E-state index contributed by atoms with van der Waals surface area (Å²) in [7, 11) is -3.33. The van der Waals surface area contributed by atoms with Crippen LogP contribution in [0, 0.1) is 11.3 Å². The zero-order chi connectivity index (χ0) is 11.3. The number of nitriles is 1. The first kappa shape index (κ1) is 12.1. The van der Waals surface area contributed by atoms with Crippen LogP contribution in [0.4, 0.5) is 0 Å². The van der Waals surface area contributed by atoms with Crippen LogP contribution in [0.1, 0.15) is 31.2 Å². The van der Waals surface area contributed by atoms with E-state index in [4.69, 9.17) is 5.26 Å². The summed E-state index contributed by atoms with van der Waals surface area (Å²) < 4.78 is 23.2. The molecule has 0 saturated carbocycles. The van der Waals surface area contributed by atoms with E-state index in [1.165, 1.54) is 0 Å². The fourth-order valence-electron chi connectivity index (χ4n) is 1.01. The van der Waals surface area contributed by atoms with Gasteiger partial charge in [0.2, 0.25) is 19.2 Å². The Bertz CT molecular complexity index is 458. The average Bonchev–Trinajstić information content (AvgIpc) is 2.66. The zero-order valence-electron chi connectivity index (χ0n) is 8.30. The predicted octanol–water partition coefficient (Wildman–Crippen LogP) is 1.37. The van der Waals surface area contributed by atoms with E-state index >= 15 is 0 Å². The molecule has 82 valence electrons. The topological polar surface area (TPSA) is 83.7 Å². The summed E-state index contributed by atoms with van der Waals surface area (Å²) in [5.41, 5.74) is 0. The Morgan fingerprint density at radius 1 is 1.40 bits per heavy atom. The molecule has 0 spiro atoms. The van der Waals surface area contributed by atoms with Crippen molar-refractivity contribution in [2.24, 2.45) is 0 Å².